The summed E-state index contributed by atoms with van der Waals surface area (Å²) in [7, 11) is 0. The monoisotopic (exact) mass is 256 g/mol. The van der Waals surface area contributed by atoms with Crippen LogP contribution in [0.3, 0.4) is 0 Å². The van der Waals surface area contributed by atoms with Gasteiger partial charge in [-0.2, -0.15) is 0 Å². The Balaban J connectivity index is 2.51. The molecule has 1 fully saturated rings. The van der Waals surface area contributed by atoms with E-state index in [-0.39, 0.29) is 0 Å². The van der Waals surface area contributed by atoms with Gasteiger partial charge in [0.2, 0.25) is 0 Å². The molecule has 2 atom stereocenters. The van der Waals surface area contributed by atoms with E-state index < -0.39 is 5.97 Å². The summed E-state index contributed by atoms with van der Waals surface area (Å²) >= 11 is 0. The Morgan fingerprint density at radius 3 is 2.72 bits per heavy atom. The number of nitrogens with one attached hydrogen (secondary N) is 1. The van der Waals surface area contributed by atoms with E-state index in [9.17, 15) is 4.79 Å². The zero-order valence-electron chi connectivity index (χ0n) is 12.0. The molecule has 0 saturated carbocycles. The van der Waals surface area contributed by atoms with Gasteiger partial charge in [-0.3, -0.25) is 4.79 Å². The molecule has 4 nitrogen and oxygen atoms in total. The Morgan fingerprint density at radius 1 is 1.44 bits per heavy atom. The van der Waals surface area contributed by atoms with Gasteiger partial charge in [0.25, 0.3) is 0 Å². The third-order valence-electron chi connectivity index (χ3n) is 3.38. The molecule has 0 radical (unpaired) electrons. The predicted molar refractivity (Wildman–Crippen MR) is 73.7 cm³/mol. The van der Waals surface area contributed by atoms with Crippen molar-refractivity contribution in [2.45, 2.75) is 46.1 Å². The molecule has 1 saturated heterocycles. The Hall–Kier alpha value is -0.610. The van der Waals surface area contributed by atoms with Gasteiger partial charge in [0, 0.05) is 32.1 Å². The molecule has 2 N–H and O–H groups in total. The van der Waals surface area contributed by atoms with Crippen molar-refractivity contribution in [1.29, 1.82) is 0 Å². The molecule has 0 amide bonds. The zero-order chi connectivity index (χ0) is 13.5. The quantitative estimate of drug-likeness (QED) is 0.729. The highest BCUT2D eigenvalue weighted by molar-refractivity contribution is 5.67. The molecule has 1 aliphatic rings. The Bertz CT molecular complexity index is 256. The van der Waals surface area contributed by atoms with Gasteiger partial charge >= 0.3 is 5.97 Å². The number of hydrogen-bond donors (Lipinski definition) is 2. The Labute approximate surface area is 111 Å². The van der Waals surface area contributed by atoms with E-state index in [0.717, 1.165) is 39.0 Å². The lowest BCUT2D eigenvalue weighted by Crippen LogP contribution is -2.50. The molecule has 0 aromatic heterocycles. The van der Waals surface area contributed by atoms with Crippen LogP contribution in [0, 0.1) is 11.8 Å². The first-order valence-electron chi connectivity index (χ1n) is 7.18. The summed E-state index contributed by atoms with van der Waals surface area (Å²) in [4.78, 5) is 13.3. The smallest absolute Gasteiger partial charge is 0.303 e. The Morgan fingerprint density at radius 2 is 2.17 bits per heavy atom. The highest BCUT2D eigenvalue weighted by Crippen LogP contribution is 2.21. The van der Waals surface area contributed by atoms with Crippen LogP contribution in [0.4, 0.5) is 0 Å². The maximum absolute atomic E-state index is 10.9. The molecule has 1 heterocycles. The molecule has 1 aliphatic heterocycles. The zero-order valence-corrected chi connectivity index (χ0v) is 12.0. The number of rotatable bonds is 7. The highest BCUT2D eigenvalue weighted by atomic mass is 16.4. The van der Waals surface area contributed by atoms with Gasteiger partial charge in [-0.05, 0) is 31.2 Å². The average Bonchev–Trinajstić information content (AvgIpc) is 2.24. The number of carboxylic acids is 1. The summed E-state index contributed by atoms with van der Waals surface area (Å²) in [6.45, 7) is 10.7. The number of carbonyl (C=O) groups is 1. The number of piperidine rings is 1. The molecule has 0 aliphatic carbocycles. The van der Waals surface area contributed by atoms with Gasteiger partial charge in [-0.25, -0.2) is 0 Å². The molecular weight excluding hydrogens is 228 g/mol. The van der Waals surface area contributed by atoms with Gasteiger partial charge < -0.3 is 15.3 Å². The molecule has 106 valence electrons. The second-order valence-electron chi connectivity index (χ2n) is 5.96. The lowest BCUT2D eigenvalue weighted by Gasteiger charge is -2.38. The second-order valence-corrected chi connectivity index (χ2v) is 5.96. The fraction of sp³-hybridized carbons (Fsp3) is 0.929. The van der Waals surface area contributed by atoms with Crippen molar-refractivity contribution in [2.24, 2.45) is 11.8 Å². The van der Waals surface area contributed by atoms with Crippen molar-refractivity contribution in [3.63, 3.8) is 0 Å². The maximum atomic E-state index is 10.9. The molecule has 1 rings (SSSR count). The molecule has 0 bridgehead atoms. The van der Waals surface area contributed by atoms with Crippen LogP contribution >= 0.6 is 0 Å². The molecule has 0 aromatic rings. The fourth-order valence-electron chi connectivity index (χ4n) is 2.86. The topological polar surface area (TPSA) is 52.6 Å². The van der Waals surface area contributed by atoms with Crippen molar-refractivity contribution in [1.82, 2.24) is 10.2 Å². The summed E-state index contributed by atoms with van der Waals surface area (Å²) < 4.78 is 0. The fourth-order valence-corrected chi connectivity index (χ4v) is 2.86. The SMILES string of the molecule is CCCNC1CC(CC(=O)O)CN(CC(C)C)C1. The van der Waals surface area contributed by atoms with Crippen LogP contribution in [0.1, 0.15) is 40.0 Å². The van der Waals surface area contributed by atoms with Crippen molar-refractivity contribution >= 4 is 5.97 Å². The predicted octanol–water partition coefficient (Wildman–Crippen LogP) is 1.81. The van der Waals surface area contributed by atoms with E-state index in [2.05, 4.69) is 31.0 Å². The normalized spacial score (nSPS) is 25.6. The van der Waals surface area contributed by atoms with Crippen molar-refractivity contribution in [3.05, 3.63) is 0 Å². The lowest BCUT2D eigenvalue weighted by atomic mass is 9.91. The molecule has 18 heavy (non-hydrogen) atoms. The van der Waals surface area contributed by atoms with Crippen LogP contribution in [0.5, 0.6) is 0 Å². The molecule has 0 spiro atoms. The van der Waals surface area contributed by atoms with Crippen LogP contribution in [-0.4, -0.2) is 48.2 Å². The number of carboxylic acid groups (broad SMARTS) is 1. The number of hydrogen-bond acceptors (Lipinski definition) is 3. The highest BCUT2D eigenvalue weighted by Gasteiger charge is 2.28. The Kier molecular flexibility index (Phi) is 6.65. The van der Waals surface area contributed by atoms with Gasteiger partial charge in [0.05, 0.1) is 0 Å². The van der Waals surface area contributed by atoms with E-state index in [4.69, 9.17) is 5.11 Å². The minimum absolute atomic E-state index is 0.296. The van der Waals surface area contributed by atoms with Crippen LogP contribution in [0.25, 0.3) is 0 Å². The van der Waals surface area contributed by atoms with Gasteiger partial charge in [0.1, 0.15) is 0 Å². The van der Waals surface area contributed by atoms with Crippen molar-refractivity contribution in [2.75, 3.05) is 26.2 Å². The first kappa shape index (κ1) is 15.4. The second kappa shape index (κ2) is 7.74. The van der Waals surface area contributed by atoms with E-state index in [1.165, 1.54) is 0 Å². The largest absolute Gasteiger partial charge is 0.481 e. The van der Waals surface area contributed by atoms with Crippen LogP contribution < -0.4 is 5.32 Å². The molecule has 0 aromatic carbocycles. The summed E-state index contributed by atoms with van der Waals surface area (Å²) in [6, 6.07) is 0.460. The molecule has 2 unspecified atom stereocenters. The summed E-state index contributed by atoms with van der Waals surface area (Å²) in [5.74, 6) is 0.269. The van der Waals surface area contributed by atoms with Crippen LogP contribution in [0.2, 0.25) is 0 Å². The maximum Gasteiger partial charge on any atom is 0.303 e. The van der Waals surface area contributed by atoms with Crippen LogP contribution in [0.15, 0.2) is 0 Å². The van der Waals surface area contributed by atoms with E-state index >= 15 is 0 Å². The first-order valence-corrected chi connectivity index (χ1v) is 7.18. The number of aliphatic carboxylic acids is 1. The van der Waals surface area contributed by atoms with Gasteiger partial charge in [-0.15, -0.1) is 0 Å². The summed E-state index contributed by atoms with van der Waals surface area (Å²) in [5.41, 5.74) is 0. The van der Waals surface area contributed by atoms with E-state index in [1.807, 2.05) is 0 Å². The average molecular weight is 256 g/mol. The minimum Gasteiger partial charge on any atom is -0.481 e. The molecular formula is C14H28N2O2. The van der Waals surface area contributed by atoms with E-state index in [1.54, 1.807) is 0 Å². The number of likely N-dealkylation sites (tertiary alicyclic amines) is 1. The third kappa shape index (κ3) is 5.83. The first-order chi connectivity index (χ1) is 8.51. The van der Waals surface area contributed by atoms with E-state index in [0.29, 0.717) is 24.3 Å². The minimum atomic E-state index is -0.666. The van der Waals surface area contributed by atoms with Crippen molar-refractivity contribution in [3.8, 4) is 0 Å². The van der Waals surface area contributed by atoms with Gasteiger partial charge in [-0.1, -0.05) is 20.8 Å². The van der Waals surface area contributed by atoms with Crippen LogP contribution in [-0.2, 0) is 4.79 Å². The summed E-state index contributed by atoms with van der Waals surface area (Å²) in [6.07, 6.45) is 2.43. The number of nitrogens with zero attached hydrogens (tertiary/aromatic N) is 1. The third-order valence-corrected chi connectivity index (χ3v) is 3.38. The summed E-state index contributed by atoms with van der Waals surface area (Å²) in [5, 5.41) is 12.5. The van der Waals surface area contributed by atoms with Gasteiger partial charge in [0.15, 0.2) is 0 Å². The lowest BCUT2D eigenvalue weighted by molar-refractivity contribution is -0.138. The van der Waals surface area contributed by atoms with Crippen molar-refractivity contribution < 1.29 is 9.90 Å². The molecule has 4 heteroatoms. The standard InChI is InChI=1S/C14H28N2O2/c1-4-5-15-13-6-12(7-14(17)18)9-16(10-13)8-11(2)3/h11-13,15H,4-10H2,1-3H3,(H,17,18).